The van der Waals surface area contributed by atoms with Gasteiger partial charge in [-0.25, -0.2) is 5.21 Å². The number of quaternary nitrogens is 1. The number of alkyl halides is 1. The second-order valence-electron chi connectivity index (χ2n) is 8.02. The molecule has 27 heavy (non-hydrogen) atoms. The van der Waals surface area contributed by atoms with Crippen molar-refractivity contribution in [1.82, 2.24) is 4.98 Å². The van der Waals surface area contributed by atoms with Crippen LogP contribution in [0.25, 0.3) is 0 Å². The van der Waals surface area contributed by atoms with E-state index in [2.05, 4.69) is 4.98 Å². The minimum absolute atomic E-state index is 0.0836. The van der Waals surface area contributed by atoms with Gasteiger partial charge in [-0.15, -0.1) is 11.6 Å². The standard InChI is InChI=1S/C19H33ClN2O5/c1-13(7-8-15(23)18(2,3)25)6-5-9-19(4,20)16(24)10-14-11-17(21-12-14)22(26)27/h6,11-12,15-16,21-26H,5,7-10H2,1-4H3/b13-6-/t15-,16-,19-/m1/s1. The summed E-state index contributed by atoms with van der Waals surface area (Å²) in [6.07, 6.45) is 4.65. The number of H-pyrrole nitrogens is 1. The summed E-state index contributed by atoms with van der Waals surface area (Å²) in [7, 11) is 0. The van der Waals surface area contributed by atoms with Crippen molar-refractivity contribution < 1.29 is 25.8 Å². The van der Waals surface area contributed by atoms with Crippen molar-refractivity contribution in [3.8, 4) is 0 Å². The molecule has 0 saturated heterocycles. The molecule has 6 N–H and O–H groups in total. The SMILES string of the molecule is C/C(=C/CC[C@@](C)(Cl)[C@H](O)Cc1c[nH]c([NH+]([O-])O)c1)CC[C@@H](O)C(C)(C)O. The van der Waals surface area contributed by atoms with E-state index in [1.54, 1.807) is 27.0 Å². The molecule has 0 radical (unpaired) electrons. The van der Waals surface area contributed by atoms with Crippen molar-refractivity contribution in [2.24, 2.45) is 0 Å². The van der Waals surface area contributed by atoms with Crippen LogP contribution in [0, 0.1) is 5.21 Å². The Morgan fingerprint density at radius 1 is 1.33 bits per heavy atom. The molecular weight excluding hydrogens is 372 g/mol. The summed E-state index contributed by atoms with van der Waals surface area (Å²) in [4.78, 5) is 1.81. The van der Waals surface area contributed by atoms with Crippen molar-refractivity contribution in [3.05, 3.63) is 34.7 Å². The van der Waals surface area contributed by atoms with Crippen molar-refractivity contribution in [3.63, 3.8) is 0 Å². The Bertz CT molecular complexity index is 607. The number of aliphatic hydroxyl groups excluding tert-OH is 2. The van der Waals surface area contributed by atoms with E-state index in [1.165, 1.54) is 6.07 Å². The van der Waals surface area contributed by atoms with Gasteiger partial charge in [0.1, 0.15) is 0 Å². The maximum Gasteiger partial charge on any atom is 0.237 e. The summed E-state index contributed by atoms with van der Waals surface area (Å²) < 4.78 is 0. The highest BCUT2D eigenvalue weighted by molar-refractivity contribution is 6.24. The first-order chi connectivity index (χ1) is 12.3. The Morgan fingerprint density at radius 2 is 1.96 bits per heavy atom. The first-order valence-electron chi connectivity index (χ1n) is 9.16. The lowest BCUT2D eigenvalue weighted by Crippen LogP contribution is -2.99. The lowest BCUT2D eigenvalue weighted by atomic mass is 9.92. The summed E-state index contributed by atoms with van der Waals surface area (Å²) in [5.74, 6) is 0.0836. The van der Waals surface area contributed by atoms with Crippen LogP contribution in [-0.4, -0.2) is 48.2 Å². The fraction of sp³-hybridized carbons (Fsp3) is 0.684. The lowest BCUT2D eigenvalue weighted by Gasteiger charge is -2.27. The van der Waals surface area contributed by atoms with Gasteiger partial charge in [0.15, 0.2) is 0 Å². The van der Waals surface area contributed by atoms with Gasteiger partial charge in [-0.05, 0) is 58.9 Å². The molecule has 0 aliphatic rings. The molecule has 0 spiro atoms. The number of halogens is 1. The quantitative estimate of drug-likeness (QED) is 0.191. The highest BCUT2D eigenvalue weighted by Crippen LogP contribution is 2.29. The Morgan fingerprint density at radius 3 is 2.48 bits per heavy atom. The Hall–Kier alpha value is -0.930. The number of aromatic amines is 1. The van der Waals surface area contributed by atoms with E-state index in [0.29, 0.717) is 31.2 Å². The first kappa shape index (κ1) is 24.1. The number of aliphatic hydroxyl groups is 3. The Kier molecular flexibility index (Phi) is 8.95. The Labute approximate surface area is 165 Å². The molecule has 156 valence electrons. The van der Waals surface area contributed by atoms with Gasteiger partial charge >= 0.3 is 0 Å². The van der Waals surface area contributed by atoms with Crippen LogP contribution in [0.1, 0.15) is 58.9 Å². The largest absolute Gasteiger partial charge is 0.594 e. The second-order valence-corrected chi connectivity index (χ2v) is 8.89. The molecular formula is C19H33ClN2O5. The molecule has 0 aromatic carbocycles. The number of hydrogen-bond donors (Lipinski definition) is 6. The number of allylic oxidation sites excluding steroid dienone is 2. The highest BCUT2D eigenvalue weighted by atomic mass is 35.5. The second kappa shape index (κ2) is 10.0. The van der Waals surface area contributed by atoms with E-state index in [-0.39, 0.29) is 12.2 Å². The molecule has 1 heterocycles. The van der Waals surface area contributed by atoms with E-state index in [4.69, 9.17) is 16.8 Å². The number of nitrogens with one attached hydrogen (secondary N) is 2. The van der Waals surface area contributed by atoms with Crippen LogP contribution in [0.2, 0.25) is 0 Å². The van der Waals surface area contributed by atoms with Crippen molar-refractivity contribution in [2.75, 3.05) is 0 Å². The zero-order valence-electron chi connectivity index (χ0n) is 16.5. The van der Waals surface area contributed by atoms with Crippen molar-refractivity contribution in [2.45, 2.75) is 82.5 Å². The van der Waals surface area contributed by atoms with E-state index in [1.807, 2.05) is 13.0 Å². The van der Waals surface area contributed by atoms with Gasteiger partial charge < -0.3 is 25.5 Å². The normalized spacial score (nSPS) is 18.8. The molecule has 4 atom stereocenters. The monoisotopic (exact) mass is 404 g/mol. The van der Waals surface area contributed by atoms with Crippen molar-refractivity contribution in [1.29, 1.82) is 0 Å². The highest BCUT2D eigenvalue weighted by Gasteiger charge is 2.30. The summed E-state index contributed by atoms with van der Waals surface area (Å²) in [5.41, 5.74) is 0.675. The van der Waals surface area contributed by atoms with Crippen molar-refractivity contribution >= 4 is 17.4 Å². The molecule has 0 fully saturated rings. The molecule has 0 aliphatic carbocycles. The average molecular weight is 405 g/mol. The maximum atomic E-state index is 10.9. The molecule has 7 nitrogen and oxygen atoms in total. The predicted molar refractivity (Wildman–Crippen MR) is 105 cm³/mol. The van der Waals surface area contributed by atoms with Crippen LogP contribution in [0.15, 0.2) is 23.9 Å². The molecule has 8 heteroatoms. The van der Waals surface area contributed by atoms with Crippen LogP contribution in [-0.2, 0) is 6.42 Å². The third kappa shape index (κ3) is 8.31. The summed E-state index contributed by atoms with van der Waals surface area (Å²) in [6, 6.07) is 1.50. The molecule has 1 rings (SSSR count). The number of rotatable bonds is 11. The van der Waals surface area contributed by atoms with Crippen LogP contribution >= 0.6 is 11.6 Å². The molecule has 0 amide bonds. The average Bonchev–Trinajstić information content (AvgIpc) is 3.00. The van der Waals surface area contributed by atoms with Gasteiger partial charge in [0, 0.05) is 18.7 Å². The number of aromatic nitrogens is 1. The number of hydrogen-bond acceptors (Lipinski definition) is 5. The van der Waals surface area contributed by atoms with Gasteiger partial charge in [0.2, 0.25) is 5.82 Å². The predicted octanol–water partition coefficient (Wildman–Crippen LogP) is 1.96. The van der Waals surface area contributed by atoms with Crippen LogP contribution < -0.4 is 5.23 Å². The van der Waals surface area contributed by atoms with Gasteiger partial charge in [0.05, 0.1) is 22.7 Å². The molecule has 1 aromatic rings. The van der Waals surface area contributed by atoms with Crippen LogP contribution in [0.3, 0.4) is 0 Å². The summed E-state index contributed by atoms with van der Waals surface area (Å²) >= 11 is 6.50. The van der Waals surface area contributed by atoms with E-state index in [0.717, 1.165) is 5.57 Å². The molecule has 0 saturated carbocycles. The van der Waals surface area contributed by atoms with Crippen LogP contribution in [0.4, 0.5) is 5.82 Å². The molecule has 1 aromatic heterocycles. The zero-order chi connectivity index (χ0) is 20.8. The van der Waals surface area contributed by atoms with E-state index >= 15 is 0 Å². The minimum Gasteiger partial charge on any atom is -0.594 e. The first-order valence-corrected chi connectivity index (χ1v) is 9.54. The van der Waals surface area contributed by atoms with Gasteiger partial charge in [-0.1, -0.05) is 11.6 Å². The fourth-order valence-electron chi connectivity index (χ4n) is 2.70. The fourth-order valence-corrected chi connectivity index (χ4v) is 2.89. The summed E-state index contributed by atoms with van der Waals surface area (Å²) in [6.45, 7) is 6.90. The maximum absolute atomic E-state index is 10.9. The molecule has 0 aliphatic heterocycles. The zero-order valence-corrected chi connectivity index (χ0v) is 17.3. The molecule has 1 unspecified atom stereocenters. The third-order valence-electron chi connectivity index (χ3n) is 4.85. The van der Waals surface area contributed by atoms with Gasteiger partial charge in [-0.2, -0.15) is 5.23 Å². The Balaban J connectivity index is 2.48. The van der Waals surface area contributed by atoms with Crippen LogP contribution in [0.5, 0.6) is 0 Å². The lowest BCUT2D eigenvalue weighted by molar-refractivity contribution is -0.993. The van der Waals surface area contributed by atoms with Gasteiger partial charge in [0.25, 0.3) is 0 Å². The van der Waals surface area contributed by atoms with E-state index < -0.39 is 27.9 Å². The summed E-state index contributed by atoms with van der Waals surface area (Å²) in [5, 5.41) is 48.8. The third-order valence-corrected chi connectivity index (χ3v) is 5.29. The van der Waals surface area contributed by atoms with Gasteiger partial charge in [-0.3, -0.25) is 0 Å². The smallest absolute Gasteiger partial charge is 0.237 e. The topological polar surface area (TPSA) is 124 Å². The minimum atomic E-state index is -1.11. The molecule has 0 bridgehead atoms. The van der Waals surface area contributed by atoms with E-state index in [9.17, 15) is 20.5 Å².